The fourth-order valence-corrected chi connectivity index (χ4v) is 6.73. The molecule has 4 aliphatic rings. The number of aryl methyl sites for hydroxylation is 1. The average Bonchev–Trinajstić information content (AvgIpc) is 2.77. The third-order valence-corrected chi connectivity index (χ3v) is 7.65. The van der Waals surface area contributed by atoms with E-state index in [2.05, 4.69) is 9.56 Å². The molecule has 2 unspecified atom stereocenters. The lowest BCUT2D eigenvalue weighted by Gasteiger charge is -2.57. The number of carbonyl (C=O) groups is 1. The fraction of sp³-hybridized carbons (Fsp3) is 0.789. The van der Waals surface area contributed by atoms with E-state index in [1.165, 1.54) is 0 Å². The summed E-state index contributed by atoms with van der Waals surface area (Å²) in [6.07, 6.45) is 4.47. The fourth-order valence-electron chi connectivity index (χ4n) is 5.73. The Hall–Kier alpha value is -1.01. The standard InChI is InChI=1S/C19H27FN2O2S/c1-12-13(2)25-17(22(12)4-5-24-3)21-16(23)18-7-14-6-15(8-18)10-19(20,9-14)11-18/h14-15H,4-11H2,1-3H3. The number of ether oxygens (including phenoxy) is 1. The molecule has 0 spiro atoms. The van der Waals surface area contributed by atoms with Gasteiger partial charge in [0.2, 0.25) is 0 Å². The molecular formula is C19H27FN2O2S. The highest BCUT2D eigenvalue weighted by Gasteiger charge is 2.61. The van der Waals surface area contributed by atoms with Gasteiger partial charge in [-0.3, -0.25) is 4.79 Å². The quantitative estimate of drug-likeness (QED) is 0.818. The number of hydrogen-bond donors (Lipinski definition) is 0. The van der Waals surface area contributed by atoms with Crippen LogP contribution in [0.3, 0.4) is 0 Å². The molecule has 1 heterocycles. The van der Waals surface area contributed by atoms with Crippen LogP contribution in [0.2, 0.25) is 0 Å². The van der Waals surface area contributed by atoms with Crippen LogP contribution in [0.4, 0.5) is 4.39 Å². The van der Waals surface area contributed by atoms with E-state index >= 15 is 4.39 Å². The topological polar surface area (TPSA) is 43.6 Å². The maximum atomic E-state index is 15.1. The van der Waals surface area contributed by atoms with Gasteiger partial charge in [-0.2, -0.15) is 4.99 Å². The van der Waals surface area contributed by atoms with Crippen LogP contribution in [0.25, 0.3) is 0 Å². The first kappa shape index (κ1) is 17.4. The first-order valence-electron chi connectivity index (χ1n) is 9.28. The van der Waals surface area contributed by atoms with Gasteiger partial charge in [-0.15, -0.1) is 11.3 Å². The van der Waals surface area contributed by atoms with E-state index in [0.29, 0.717) is 44.2 Å². The van der Waals surface area contributed by atoms with E-state index in [-0.39, 0.29) is 5.91 Å². The Kier molecular flexibility index (Phi) is 4.19. The zero-order valence-electron chi connectivity index (χ0n) is 15.3. The van der Waals surface area contributed by atoms with Crippen molar-refractivity contribution in [2.75, 3.05) is 13.7 Å². The largest absolute Gasteiger partial charge is 0.383 e. The van der Waals surface area contributed by atoms with Gasteiger partial charge in [-0.05, 0) is 64.2 Å². The molecule has 0 N–H and O–H groups in total. The van der Waals surface area contributed by atoms with Gasteiger partial charge in [0.15, 0.2) is 4.80 Å². The summed E-state index contributed by atoms with van der Waals surface area (Å²) >= 11 is 1.55. The van der Waals surface area contributed by atoms with Crippen molar-refractivity contribution >= 4 is 17.2 Å². The molecule has 1 aromatic heterocycles. The molecule has 4 bridgehead atoms. The Balaban J connectivity index is 1.68. The lowest BCUT2D eigenvalue weighted by Crippen LogP contribution is -2.56. The van der Waals surface area contributed by atoms with Crippen molar-refractivity contribution in [1.82, 2.24) is 4.57 Å². The highest BCUT2D eigenvalue weighted by molar-refractivity contribution is 7.09. The number of thiazole rings is 1. The van der Waals surface area contributed by atoms with Crippen LogP contribution >= 0.6 is 11.3 Å². The predicted octanol–water partition coefficient (Wildman–Crippen LogP) is 3.55. The summed E-state index contributed by atoms with van der Waals surface area (Å²) in [4.78, 5) is 19.6. The van der Waals surface area contributed by atoms with E-state index in [9.17, 15) is 4.79 Å². The van der Waals surface area contributed by atoms with Crippen molar-refractivity contribution in [3.05, 3.63) is 15.4 Å². The van der Waals surface area contributed by atoms with Crippen molar-refractivity contribution < 1.29 is 13.9 Å². The SMILES string of the molecule is COCCn1c(C)c(C)sc1=NC(=O)C12CC3CC(CC(F)(C3)C1)C2. The summed E-state index contributed by atoms with van der Waals surface area (Å²) in [5.41, 5.74) is -0.548. The number of halogens is 1. The second-order valence-electron chi connectivity index (χ2n) is 8.48. The van der Waals surface area contributed by atoms with Crippen LogP contribution in [-0.4, -0.2) is 29.9 Å². The predicted molar refractivity (Wildman–Crippen MR) is 95.2 cm³/mol. The maximum absolute atomic E-state index is 15.1. The molecule has 5 rings (SSSR count). The molecule has 2 atom stereocenters. The van der Waals surface area contributed by atoms with Gasteiger partial charge in [0.25, 0.3) is 5.91 Å². The highest BCUT2D eigenvalue weighted by atomic mass is 32.1. The van der Waals surface area contributed by atoms with E-state index in [1.54, 1.807) is 18.4 Å². The van der Waals surface area contributed by atoms with Gasteiger partial charge in [0.05, 0.1) is 12.0 Å². The zero-order chi connectivity index (χ0) is 17.8. The van der Waals surface area contributed by atoms with Crippen molar-refractivity contribution in [2.24, 2.45) is 22.2 Å². The van der Waals surface area contributed by atoms with Gasteiger partial charge in [0.1, 0.15) is 5.67 Å². The molecule has 1 amide bonds. The van der Waals surface area contributed by atoms with Gasteiger partial charge in [-0.25, -0.2) is 4.39 Å². The molecule has 0 aliphatic heterocycles. The monoisotopic (exact) mass is 366 g/mol. The summed E-state index contributed by atoms with van der Waals surface area (Å²) in [6, 6.07) is 0. The Morgan fingerprint density at radius 3 is 2.60 bits per heavy atom. The van der Waals surface area contributed by atoms with Crippen LogP contribution in [0.15, 0.2) is 4.99 Å². The second kappa shape index (κ2) is 6.02. The molecular weight excluding hydrogens is 339 g/mol. The smallest absolute Gasteiger partial charge is 0.254 e. The summed E-state index contributed by atoms with van der Waals surface area (Å²) < 4.78 is 22.4. The van der Waals surface area contributed by atoms with E-state index in [1.807, 2.05) is 13.8 Å². The van der Waals surface area contributed by atoms with Crippen molar-refractivity contribution in [2.45, 2.75) is 64.6 Å². The first-order valence-corrected chi connectivity index (χ1v) is 10.1. The minimum Gasteiger partial charge on any atom is -0.383 e. The molecule has 25 heavy (non-hydrogen) atoms. The molecule has 4 aliphatic carbocycles. The number of alkyl halides is 1. The maximum Gasteiger partial charge on any atom is 0.254 e. The third kappa shape index (κ3) is 2.91. The number of hydrogen-bond acceptors (Lipinski definition) is 3. The Bertz CT molecular complexity index is 752. The number of methoxy groups -OCH3 is 1. The molecule has 4 saturated carbocycles. The minimum atomic E-state index is -1.12. The first-order chi connectivity index (χ1) is 11.8. The number of amides is 1. The van der Waals surface area contributed by atoms with E-state index in [4.69, 9.17) is 4.74 Å². The molecule has 0 radical (unpaired) electrons. The lowest BCUT2D eigenvalue weighted by atomic mass is 9.48. The molecule has 1 aromatic rings. The minimum absolute atomic E-state index is 0.0870. The van der Waals surface area contributed by atoms with Gasteiger partial charge in [-0.1, -0.05) is 0 Å². The Morgan fingerprint density at radius 2 is 2.00 bits per heavy atom. The molecule has 4 fully saturated rings. The molecule has 0 aromatic carbocycles. The van der Waals surface area contributed by atoms with Gasteiger partial charge in [0, 0.05) is 24.2 Å². The molecule has 0 saturated heterocycles. The van der Waals surface area contributed by atoms with Crippen LogP contribution in [0.1, 0.15) is 49.1 Å². The number of carbonyl (C=O) groups excluding carboxylic acids is 1. The molecule has 4 nitrogen and oxygen atoms in total. The third-order valence-electron chi connectivity index (χ3n) is 6.55. The number of nitrogens with zero attached hydrogens (tertiary/aromatic N) is 2. The Morgan fingerprint density at radius 1 is 1.32 bits per heavy atom. The Labute approximate surface area is 152 Å². The van der Waals surface area contributed by atoms with Crippen molar-refractivity contribution in [3.63, 3.8) is 0 Å². The summed E-state index contributed by atoms with van der Waals surface area (Å²) in [5.74, 6) is 0.659. The zero-order valence-corrected chi connectivity index (χ0v) is 16.1. The van der Waals surface area contributed by atoms with Crippen LogP contribution in [-0.2, 0) is 16.1 Å². The number of aromatic nitrogens is 1. The summed E-state index contributed by atoms with van der Waals surface area (Å²) in [7, 11) is 1.67. The normalized spacial score (nSPS) is 37.0. The van der Waals surface area contributed by atoms with Crippen molar-refractivity contribution in [1.29, 1.82) is 0 Å². The van der Waals surface area contributed by atoms with Gasteiger partial charge >= 0.3 is 0 Å². The lowest BCUT2D eigenvalue weighted by molar-refractivity contribution is -0.157. The number of rotatable bonds is 4. The van der Waals surface area contributed by atoms with Crippen LogP contribution in [0, 0.1) is 31.1 Å². The summed E-state index contributed by atoms with van der Waals surface area (Å²) in [6.45, 7) is 5.37. The average molecular weight is 367 g/mol. The van der Waals surface area contributed by atoms with E-state index in [0.717, 1.165) is 34.6 Å². The second-order valence-corrected chi connectivity index (χ2v) is 9.66. The molecule has 138 valence electrons. The van der Waals surface area contributed by atoms with Crippen molar-refractivity contribution in [3.8, 4) is 0 Å². The molecule has 6 heteroatoms. The summed E-state index contributed by atoms with van der Waals surface area (Å²) in [5, 5.41) is 0. The van der Waals surface area contributed by atoms with Crippen LogP contribution in [0.5, 0.6) is 0 Å². The van der Waals surface area contributed by atoms with E-state index < -0.39 is 11.1 Å². The van der Waals surface area contributed by atoms with Gasteiger partial charge < -0.3 is 9.30 Å². The van der Waals surface area contributed by atoms with Crippen LogP contribution < -0.4 is 4.80 Å². The highest BCUT2D eigenvalue weighted by Crippen LogP contribution is 2.63.